The van der Waals surface area contributed by atoms with Gasteiger partial charge in [-0.15, -0.1) is 0 Å². The van der Waals surface area contributed by atoms with Crippen LogP contribution < -0.4 is 9.13 Å². The van der Waals surface area contributed by atoms with Crippen molar-refractivity contribution in [3.05, 3.63) is 143 Å². The van der Waals surface area contributed by atoms with Gasteiger partial charge >= 0.3 is 0 Å². The smallest absolute Gasteiger partial charge is 0.295 e. The molecule has 0 radical (unpaired) electrons. The van der Waals surface area contributed by atoms with Crippen LogP contribution in [0.3, 0.4) is 0 Å². The molecule has 5 heteroatoms. The van der Waals surface area contributed by atoms with E-state index < -0.39 is 0 Å². The van der Waals surface area contributed by atoms with Crippen molar-refractivity contribution in [1.29, 1.82) is 0 Å². The molecule has 0 aliphatic carbocycles. The number of hydrogen-bond donors (Lipinski definition) is 0. The van der Waals surface area contributed by atoms with Crippen molar-refractivity contribution in [3.63, 3.8) is 0 Å². The number of para-hydroxylation sites is 2. The number of nitrogens with zero attached hydrogens (tertiary/aromatic N) is 4. The molecule has 1 aliphatic heterocycles. The molecular formula is C52H56N4O+2. The molecular weight excluding hydrogens is 697 g/mol. The Morgan fingerprint density at radius 3 is 2.33 bits per heavy atom. The van der Waals surface area contributed by atoms with E-state index in [1.807, 2.05) is 12.4 Å². The van der Waals surface area contributed by atoms with E-state index in [9.17, 15) is 0 Å². The minimum Gasteiger partial charge on any atom is -0.455 e. The predicted octanol–water partition coefficient (Wildman–Crippen LogP) is 12.1. The minimum absolute atomic E-state index is 0.129. The van der Waals surface area contributed by atoms with E-state index in [0.29, 0.717) is 0 Å². The van der Waals surface area contributed by atoms with E-state index in [1.54, 1.807) is 0 Å². The van der Waals surface area contributed by atoms with Crippen molar-refractivity contribution in [1.82, 2.24) is 9.55 Å². The van der Waals surface area contributed by atoms with Crippen LogP contribution in [0.4, 0.5) is 0 Å². The molecule has 288 valence electrons. The van der Waals surface area contributed by atoms with E-state index in [-0.39, 0.29) is 11.0 Å². The number of imidazole rings is 1. The molecule has 2 unspecified atom stereocenters. The van der Waals surface area contributed by atoms with Crippen LogP contribution in [0.5, 0.6) is 0 Å². The van der Waals surface area contributed by atoms with Gasteiger partial charge in [-0.05, 0) is 99.4 Å². The second-order valence-corrected chi connectivity index (χ2v) is 16.8. The van der Waals surface area contributed by atoms with Gasteiger partial charge in [-0.2, -0.15) is 9.13 Å². The fourth-order valence-corrected chi connectivity index (χ4v) is 10.5. The number of aromatic nitrogens is 4. The molecule has 4 aromatic carbocycles. The lowest BCUT2D eigenvalue weighted by Gasteiger charge is -2.48. The van der Waals surface area contributed by atoms with Gasteiger partial charge in [0.15, 0.2) is 22.8 Å². The van der Waals surface area contributed by atoms with E-state index in [1.165, 1.54) is 85.1 Å². The quantitative estimate of drug-likeness (QED) is 0.123. The number of furan rings is 1. The molecule has 0 bridgehead atoms. The Labute approximate surface area is 337 Å². The summed E-state index contributed by atoms with van der Waals surface area (Å²) in [6.07, 6.45) is 14.9. The summed E-state index contributed by atoms with van der Waals surface area (Å²) in [7, 11) is 2.20. The molecule has 8 aromatic rings. The van der Waals surface area contributed by atoms with Crippen LogP contribution in [0.2, 0.25) is 0 Å². The molecule has 0 amide bonds. The van der Waals surface area contributed by atoms with Crippen molar-refractivity contribution in [2.75, 3.05) is 0 Å². The maximum absolute atomic E-state index is 6.98. The summed E-state index contributed by atoms with van der Waals surface area (Å²) < 4.78 is 14.4. The summed E-state index contributed by atoms with van der Waals surface area (Å²) >= 11 is 0. The standard InChI is InChI=1S/C52H56N4O/c1-8-11-17-37-23-24-41-42-25-26-43-48(49(42)57-47(41)33-37)46-32-35(4)36(5)34-55(46)52(10-3,51(43,6)9-2)29-16-19-38-18-12-13-20-40(38)50-54(7)44-21-14-15-22-45(44)56(50)39-27-30-53-31-28-39/h12-15,18,20-28,30-34H,8-11,16-17,19,29H2,1-7H3/q+2. The molecule has 9 rings (SSSR count). The van der Waals surface area contributed by atoms with Gasteiger partial charge in [0.1, 0.15) is 16.9 Å². The Kier molecular flexibility index (Phi) is 9.38. The van der Waals surface area contributed by atoms with Crippen molar-refractivity contribution in [2.45, 2.75) is 104 Å². The Morgan fingerprint density at radius 2 is 1.54 bits per heavy atom. The summed E-state index contributed by atoms with van der Waals surface area (Å²) in [6, 6.07) is 36.1. The van der Waals surface area contributed by atoms with Gasteiger partial charge in [0.2, 0.25) is 5.69 Å². The zero-order valence-corrected chi connectivity index (χ0v) is 34.8. The van der Waals surface area contributed by atoms with Crippen LogP contribution in [-0.2, 0) is 30.8 Å². The number of hydrogen-bond acceptors (Lipinski definition) is 2. The lowest BCUT2D eigenvalue weighted by atomic mass is 9.58. The van der Waals surface area contributed by atoms with Crippen LogP contribution in [0.15, 0.2) is 120 Å². The Bertz CT molecular complexity index is 2790. The molecule has 1 aliphatic rings. The maximum Gasteiger partial charge on any atom is 0.295 e. The van der Waals surface area contributed by atoms with Gasteiger partial charge < -0.3 is 4.42 Å². The summed E-state index contributed by atoms with van der Waals surface area (Å²) in [5, 5.41) is 2.43. The SMILES string of the molecule is CCCCc1ccc2c(c1)oc1c3c(ccc12)C(C)(CC)C(CC)(CCCc1ccccc1-c1n(-c2ccncc2)c2ccccc2[n+]1C)[n+]1cc(C)c(C)cc1-3. The van der Waals surface area contributed by atoms with Crippen LogP contribution >= 0.6 is 0 Å². The number of rotatable bonds is 11. The van der Waals surface area contributed by atoms with Gasteiger partial charge in [-0.25, -0.2) is 4.57 Å². The van der Waals surface area contributed by atoms with Gasteiger partial charge in [0.05, 0.1) is 23.6 Å². The average molecular weight is 753 g/mol. The zero-order valence-electron chi connectivity index (χ0n) is 34.8. The third-order valence-electron chi connectivity index (χ3n) is 13.9. The number of unbranched alkanes of at least 4 members (excludes halogenated alkanes) is 1. The largest absolute Gasteiger partial charge is 0.455 e. The lowest BCUT2D eigenvalue weighted by molar-refractivity contribution is -0.770. The molecule has 5 heterocycles. The number of benzene rings is 4. The second-order valence-electron chi connectivity index (χ2n) is 16.8. The molecule has 2 atom stereocenters. The predicted molar refractivity (Wildman–Crippen MR) is 234 cm³/mol. The zero-order chi connectivity index (χ0) is 39.5. The number of fused-ring (bicyclic) bond motifs is 8. The highest BCUT2D eigenvalue weighted by atomic mass is 16.3. The van der Waals surface area contributed by atoms with E-state index in [2.05, 4.69) is 171 Å². The van der Waals surface area contributed by atoms with Crippen molar-refractivity contribution < 1.29 is 13.6 Å². The van der Waals surface area contributed by atoms with Crippen LogP contribution in [0.25, 0.3) is 61.3 Å². The first-order valence-corrected chi connectivity index (χ1v) is 21.2. The molecule has 0 fully saturated rings. The molecule has 57 heavy (non-hydrogen) atoms. The highest BCUT2D eigenvalue weighted by Crippen LogP contribution is 2.54. The van der Waals surface area contributed by atoms with Gasteiger partial charge in [0.25, 0.3) is 5.82 Å². The molecule has 0 spiro atoms. The van der Waals surface area contributed by atoms with Crippen LogP contribution in [-0.4, -0.2) is 9.55 Å². The molecule has 0 saturated carbocycles. The first-order chi connectivity index (χ1) is 27.7. The Balaban J connectivity index is 1.15. The van der Waals surface area contributed by atoms with Gasteiger partial charge in [0, 0.05) is 59.8 Å². The highest BCUT2D eigenvalue weighted by Gasteiger charge is 2.59. The topological polar surface area (TPSA) is 38.7 Å². The monoisotopic (exact) mass is 752 g/mol. The highest BCUT2D eigenvalue weighted by molar-refractivity contribution is 6.10. The lowest BCUT2D eigenvalue weighted by Crippen LogP contribution is -2.69. The van der Waals surface area contributed by atoms with Crippen molar-refractivity contribution in [2.24, 2.45) is 7.05 Å². The van der Waals surface area contributed by atoms with Gasteiger partial charge in [-0.1, -0.05) is 81.8 Å². The fraction of sp³-hybridized carbons (Fsp3) is 0.327. The van der Waals surface area contributed by atoms with E-state index in [4.69, 9.17) is 4.42 Å². The molecule has 4 aromatic heterocycles. The Morgan fingerprint density at radius 1 is 0.772 bits per heavy atom. The number of pyridine rings is 2. The second kappa shape index (κ2) is 14.4. The molecule has 0 saturated heterocycles. The third kappa shape index (κ3) is 5.68. The summed E-state index contributed by atoms with van der Waals surface area (Å²) in [5.74, 6) is 1.19. The molecule has 5 nitrogen and oxygen atoms in total. The van der Waals surface area contributed by atoms with E-state index in [0.717, 1.165) is 55.4 Å². The Hall–Kier alpha value is -5.55. The minimum atomic E-state index is -0.138. The van der Waals surface area contributed by atoms with Gasteiger partial charge in [-0.3, -0.25) is 4.98 Å². The van der Waals surface area contributed by atoms with Crippen molar-refractivity contribution in [3.8, 4) is 28.3 Å². The first-order valence-electron chi connectivity index (χ1n) is 21.2. The maximum atomic E-state index is 6.98. The first kappa shape index (κ1) is 37.1. The normalized spacial score (nSPS) is 17.7. The van der Waals surface area contributed by atoms with E-state index >= 15 is 0 Å². The van der Waals surface area contributed by atoms with Crippen molar-refractivity contribution >= 4 is 33.0 Å². The van der Waals surface area contributed by atoms with Crippen LogP contribution in [0.1, 0.15) is 94.0 Å². The summed E-state index contributed by atoms with van der Waals surface area (Å²) in [6.45, 7) is 14.2. The third-order valence-corrected chi connectivity index (χ3v) is 13.9. The fourth-order valence-electron chi connectivity index (χ4n) is 10.5. The molecule has 0 N–H and O–H groups in total. The summed E-state index contributed by atoms with van der Waals surface area (Å²) in [5.41, 5.74) is 15.9. The summed E-state index contributed by atoms with van der Waals surface area (Å²) in [4.78, 5) is 4.35. The average Bonchev–Trinajstić information content (AvgIpc) is 3.76. The number of aryl methyl sites for hydroxylation is 5. The van der Waals surface area contributed by atoms with Crippen LogP contribution in [0, 0.1) is 13.8 Å².